The first-order chi connectivity index (χ1) is 41.2. The molecule has 3 aromatic heterocycles. The quantitative estimate of drug-likeness (QED) is 0.0909. The Balaban J connectivity index is 0.000000142. The van der Waals surface area contributed by atoms with Gasteiger partial charge in [0.25, 0.3) is 0 Å². The Bertz CT molecular complexity index is 3350. The van der Waals surface area contributed by atoms with Crippen LogP contribution in [0.1, 0.15) is 83.1 Å². The number of rotatable bonds is 12. The molecule has 9 heterocycles. The van der Waals surface area contributed by atoms with Crippen LogP contribution in [0.4, 0.5) is 44.6 Å². The van der Waals surface area contributed by atoms with E-state index in [1.54, 1.807) is 64.6 Å². The summed E-state index contributed by atoms with van der Waals surface area (Å²) in [5, 5.41) is 40.5. The van der Waals surface area contributed by atoms with Crippen molar-refractivity contribution in [1.29, 1.82) is 0 Å². The number of nitrogens with zero attached hydrogens (tertiary/aromatic N) is 12. The largest absolute Gasteiger partial charge is 0.497 e. The van der Waals surface area contributed by atoms with Gasteiger partial charge < -0.3 is 52.2 Å². The number of cyclic esters (lactones) is 3. The molecule has 88 heavy (non-hydrogen) atoms. The zero-order valence-corrected chi connectivity index (χ0v) is 52.8. The Morgan fingerprint density at radius 1 is 0.500 bits per heavy atom. The standard InChI is InChI=1S/C18H22BFN4O4.C12H24B2O4.C12H12BFN4O4.C12H10FIN4O2/c1-17(2)18(3,4)28-19(27-17)14-6-5-12(9-15(14)20)24-11-13(26-16(24)25)10-23-8-7-21-22-23;1-9(2)10(3,4)16-13(15-9)14-17-11(5,6)12(7,8)18-14;14-11-5-8(1-2-10(11)13(20)21)18-7-9(22-12(18)19)6-17-4-3-15-16-17;13-10-5-8(1-2-11(10)14)18-7-9(20-12(18)19)6-17-4-3-15-16-17/h5-9,13H,10-11H2,1-4H3;1-8H3;1-5,9,20-21H,6-7H2;1-5,9H,6-7H2/t13-;;2*9-/m0.00/s1. The van der Waals surface area contributed by atoms with Crippen molar-refractivity contribution in [2.45, 2.75) is 155 Å². The van der Waals surface area contributed by atoms with Crippen molar-refractivity contribution in [3.8, 4) is 0 Å². The minimum atomic E-state index is -1.90. The molecule has 12 rings (SSSR count). The first-order valence-corrected chi connectivity index (χ1v) is 29.2. The fraction of sp³-hybridized carbons (Fsp3) is 0.500. The summed E-state index contributed by atoms with van der Waals surface area (Å²) in [7, 11) is -3.66. The molecule has 0 aliphatic carbocycles. The molecule has 26 nitrogen and oxygen atoms in total. The molecule has 6 aliphatic rings. The van der Waals surface area contributed by atoms with Crippen LogP contribution in [-0.2, 0) is 61.8 Å². The van der Waals surface area contributed by atoms with E-state index in [1.807, 2.05) is 106 Å². The van der Waals surface area contributed by atoms with E-state index in [4.69, 9.17) is 52.2 Å². The van der Waals surface area contributed by atoms with Crippen LogP contribution in [0, 0.1) is 21.0 Å². The van der Waals surface area contributed by atoms with Crippen molar-refractivity contribution in [2.75, 3.05) is 34.3 Å². The summed E-state index contributed by atoms with van der Waals surface area (Å²) in [5.41, 5.74) is -1.31. The number of anilines is 3. The Hall–Kier alpha value is -6.65. The van der Waals surface area contributed by atoms with Crippen LogP contribution in [0.25, 0.3) is 0 Å². The maximum absolute atomic E-state index is 14.8. The molecule has 468 valence electrons. The number of halogens is 4. The van der Waals surface area contributed by atoms with Crippen LogP contribution < -0.4 is 25.6 Å². The maximum atomic E-state index is 14.8. The van der Waals surface area contributed by atoms with Crippen molar-refractivity contribution in [3.63, 3.8) is 0 Å². The zero-order valence-electron chi connectivity index (χ0n) is 50.6. The lowest BCUT2D eigenvalue weighted by Gasteiger charge is -2.32. The predicted molar refractivity (Wildman–Crippen MR) is 323 cm³/mol. The number of carbonyl (C=O) groups is 3. The number of aromatic nitrogens is 9. The SMILES string of the molecule is CC1(C)OB(B2OC(C)(C)C(C)(C)O2)OC1(C)C.CC1(C)OB(c2ccc(N3C[C@H](Cn4ccnn4)OC3=O)cc2F)OC1(C)C.O=C1O[C@@H](Cn2ccnn2)CN1c1ccc(B(O)O)c(F)c1.O=C1O[C@@H](Cn2ccnn2)CN1c1ccc(I)c(F)c1. The predicted octanol–water partition coefficient (Wildman–Crippen LogP) is 5.16. The minimum Gasteiger partial charge on any atom is -0.442 e. The van der Waals surface area contributed by atoms with Gasteiger partial charge in [0.2, 0.25) is 0 Å². The van der Waals surface area contributed by atoms with Gasteiger partial charge in [-0.3, -0.25) is 14.7 Å². The molecule has 6 aliphatic heterocycles. The second-order valence-electron chi connectivity index (χ2n) is 24.4. The number of carbonyl (C=O) groups excluding carboxylic acids is 3. The van der Waals surface area contributed by atoms with Crippen molar-refractivity contribution in [2.24, 2.45) is 0 Å². The molecule has 2 N–H and O–H groups in total. The molecule has 6 saturated heterocycles. The van der Waals surface area contributed by atoms with Gasteiger partial charge in [-0.1, -0.05) is 27.8 Å². The number of amides is 3. The lowest BCUT2D eigenvalue weighted by atomic mass is 9.49. The highest BCUT2D eigenvalue weighted by Crippen LogP contribution is 2.43. The topological polar surface area (TPSA) is 277 Å². The lowest BCUT2D eigenvalue weighted by Crippen LogP contribution is -2.41. The van der Waals surface area contributed by atoms with E-state index in [2.05, 4.69) is 30.9 Å². The highest BCUT2D eigenvalue weighted by atomic mass is 127. The zero-order chi connectivity index (χ0) is 63.9. The van der Waals surface area contributed by atoms with Crippen molar-refractivity contribution >= 4 is 97.1 Å². The monoisotopic (exact) mass is 1340 g/mol. The van der Waals surface area contributed by atoms with Crippen LogP contribution in [0.2, 0.25) is 0 Å². The summed E-state index contributed by atoms with van der Waals surface area (Å²) in [5.74, 6) is -1.65. The van der Waals surface area contributed by atoms with Crippen LogP contribution in [0.5, 0.6) is 0 Å². The summed E-state index contributed by atoms with van der Waals surface area (Å²) in [4.78, 5) is 40.0. The Kier molecular flexibility index (Phi) is 19.2. The van der Waals surface area contributed by atoms with E-state index in [0.29, 0.717) is 53.1 Å². The maximum Gasteiger partial charge on any atom is 0.497 e. The molecular formula is C54H68B4F3IN12O14. The number of hydrogen-bond donors (Lipinski definition) is 2. The normalized spacial score (nSPS) is 22.6. The summed E-state index contributed by atoms with van der Waals surface area (Å²) in [6, 6.07) is 12.9. The van der Waals surface area contributed by atoms with Crippen LogP contribution in [0.15, 0.2) is 91.8 Å². The third kappa shape index (κ3) is 14.6. The van der Waals surface area contributed by atoms with Crippen molar-refractivity contribution in [1.82, 2.24) is 45.0 Å². The molecule has 0 saturated carbocycles. The van der Waals surface area contributed by atoms with Gasteiger partial charge >= 0.3 is 46.5 Å². The highest BCUT2D eigenvalue weighted by Gasteiger charge is 2.64. The number of benzene rings is 3. The summed E-state index contributed by atoms with van der Waals surface area (Å²) in [6.07, 6.45) is 6.92. The second kappa shape index (κ2) is 25.7. The molecular weight excluding hydrogens is 1270 g/mol. The molecule has 0 spiro atoms. The Morgan fingerprint density at radius 3 is 1.15 bits per heavy atom. The van der Waals surface area contributed by atoms with Gasteiger partial charge in [0.15, 0.2) is 0 Å². The van der Waals surface area contributed by atoms with Crippen LogP contribution >= 0.6 is 22.6 Å². The highest BCUT2D eigenvalue weighted by molar-refractivity contribution is 14.1. The van der Waals surface area contributed by atoms with Crippen LogP contribution in [-0.4, -0.2) is 173 Å². The summed E-state index contributed by atoms with van der Waals surface area (Å²) in [6.45, 7) is 25.9. The van der Waals surface area contributed by atoms with Gasteiger partial charge in [-0.05, 0) is 148 Å². The third-order valence-electron chi connectivity index (χ3n) is 16.6. The molecule has 0 bridgehead atoms. The van der Waals surface area contributed by atoms with Gasteiger partial charge in [-0.25, -0.2) is 41.6 Å². The lowest BCUT2D eigenvalue weighted by molar-refractivity contribution is 0.00578. The van der Waals surface area contributed by atoms with E-state index >= 15 is 0 Å². The minimum absolute atomic E-state index is 0.235. The summed E-state index contributed by atoms with van der Waals surface area (Å²) >= 11 is 1.90. The van der Waals surface area contributed by atoms with Gasteiger partial charge in [0.05, 0.1) is 109 Å². The van der Waals surface area contributed by atoms with Gasteiger partial charge in [-0.2, -0.15) is 0 Å². The van der Waals surface area contributed by atoms with Gasteiger partial charge in [-0.15, -0.1) is 15.3 Å². The second-order valence-corrected chi connectivity index (χ2v) is 25.6. The van der Waals surface area contributed by atoms with Gasteiger partial charge in [0, 0.05) is 33.1 Å². The molecule has 3 aromatic carbocycles. The van der Waals surface area contributed by atoms with Crippen molar-refractivity contribution in [3.05, 3.63) is 113 Å². The Labute approximate surface area is 521 Å². The smallest absolute Gasteiger partial charge is 0.442 e. The van der Waals surface area contributed by atoms with Gasteiger partial charge in [0.1, 0.15) is 35.8 Å². The van der Waals surface area contributed by atoms with Crippen molar-refractivity contribution < 1.29 is 79.7 Å². The molecule has 0 radical (unpaired) electrons. The molecule has 3 amide bonds. The number of hydrogen-bond acceptors (Lipinski definition) is 20. The molecule has 0 unspecified atom stereocenters. The summed E-state index contributed by atoms with van der Waals surface area (Å²) < 4.78 is 98.8. The average Bonchev–Trinajstić information content (AvgIpc) is 1.72. The molecule has 6 fully saturated rings. The fourth-order valence-electron chi connectivity index (χ4n) is 9.49. The average molecular weight is 1340 g/mol. The van der Waals surface area contributed by atoms with E-state index in [1.165, 1.54) is 49.8 Å². The molecule has 3 atom stereocenters. The van der Waals surface area contributed by atoms with E-state index in [-0.39, 0.29) is 58.1 Å². The number of ether oxygens (including phenoxy) is 3. The van der Waals surface area contributed by atoms with E-state index in [0.717, 1.165) is 6.07 Å². The van der Waals surface area contributed by atoms with Crippen LogP contribution in [0.3, 0.4) is 0 Å². The third-order valence-corrected chi connectivity index (χ3v) is 17.4. The van der Waals surface area contributed by atoms with E-state index < -0.39 is 75.5 Å². The Morgan fingerprint density at radius 2 is 0.830 bits per heavy atom. The fourth-order valence-corrected chi connectivity index (χ4v) is 9.82. The van der Waals surface area contributed by atoms with E-state index in [9.17, 15) is 27.6 Å². The first-order valence-electron chi connectivity index (χ1n) is 28.2. The molecule has 34 heteroatoms. The molecule has 6 aromatic rings. The first kappa shape index (κ1) is 65.8.